The van der Waals surface area contributed by atoms with Crippen LogP contribution in [0, 0.1) is 12.8 Å². The normalized spacial score (nSPS) is 19.1. The van der Waals surface area contributed by atoms with Gasteiger partial charge in [0.05, 0.1) is 25.7 Å². The summed E-state index contributed by atoms with van der Waals surface area (Å²) in [6.45, 7) is 7.57. The van der Waals surface area contributed by atoms with Gasteiger partial charge < -0.3 is 34.1 Å². The summed E-state index contributed by atoms with van der Waals surface area (Å²) in [7, 11) is 1.61. The van der Waals surface area contributed by atoms with E-state index >= 15 is 0 Å². The van der Waals surface area contributed by atoms with Gasteiger partial charge in [-0.05, 0) is 71.8 Å². The largest absolute Gasteiger partial charge is 0.481 e. The van der Waals surface area contributed by atoms with Crippen molar-refractivity contribution in [1.29, 1.82) is 0 Å². The molecule has 45 heavy (non-hydrogen) atoms. The number of aryl methyl sites for hydroxylation is 3. The van der Waals surface area contributed by atoms with Crippen molar-refractivity contribution in [3.05, 3.63) is 82.4 Å². The number of carbonyl (C=O) groups excluding carboxylic acids is 1. The van der Waals surface area contributed by atoms with Crippen molar-refractivity contribution < 1.29 is 38.4 Å². The molecule has 2 aliphatic rings. The highest BCUT2D eigenvalue weighted by Gasteiger charge is 2.48. The number of carboxylic acid groups (broad SMARTS) is 1. The van der Waals surface area contributed by atoms with Crippen molar-refractivity contribution in [2.24, 2.45) is 5.92 Å². The van der Waals surface area contributed by atoms with Crippen molar-refractivity contribution in [3.63, 3.8) is 0 Å². The minimum absolute atomic E-state index is 0.0291. The Hall–Kier alpha value is -4.12. The van der Waals surface area contributed by atoms with Gasteiger partial charge in [0.25, 0.3) is 0 Å². The van der Waals surface area contributed by atoms with Gasteiger partial charge in [-0.15, -0.1) is 0 Å². The number of nitrogens with zero attached hydrogens (tertiary/aromatic N) is 1. The number of nitrogens with one attached hydrogen (secondary N) is 1. The molecule has 0 bridgehead atoms. The van der Waals surface area contributed by atoms with Crippen LogP contribution in [0.1, 0.15) is 53.6 Å². The Morgan fingerprint density at radius 3 is 2.33 bits per heavy atom. The number of hydrogen-bond acceptors (Lipinski definition) is 8. The fraction of sp³-hybridized carbons (Fsp3) is 0.429. The third kappa shape index (κ3) is 7.24. The van der Waals surface area contributed by atoms with Crippen LogP contribution in [-0.2, 0) is 31.9 Å². The smallest absolute Gasteiger partial charge is 0.309 e. The van der Waals surface area contributed by atoms with Crippen LogP contribution in [0.15, 0.2) is 54.6 Å². The molecule has 0 aromatic heterocycles. The number of benzene rings is 3. The molecule has 3 atom stereocenters. The average Bonchev–Trinajstić information content (AvgIpc) is 3.65. The predicted molar refractivity (Wildman–Crippen MR) is 169 cm³/mol. The van der Waals surface area contributed by atoms with Gasteiger partial charge in [-0.25, -0.2) is 0 Å². The molecule has 10 nitrogen and oxygen atoms in total. The molecule has 3 aromatic carbocycles. The molecule has 240 valence electrons. The molecule has 2 N–H and O–H groups in total. The van der Waals surface area contributed by atoms with Crippen LogP contribution in [0.3, 0.4) is 0 Å². The molecule has 2 aliphatic heterocycles. The third-order valence-electron chi connectivity index (χ3n) is 8.62. The van der Waals surface area contributed by atoms with Crippen LogP contribution in [0.5, 0.6) is 17.2 Å². The molecule has 1 amide bonds. The molecule has 5 rings (SSSR count). The topological polar surface area (TPSA) is 116 Å². The minimum Gasteiger partial charge on any atom is -0.481 e. The highest BCUT2D eigenvalue weighted by molar-refractivity contribution is 5.94. The van der Waals surface area contributed by atoms with E-state index in [1.165, 1.54) is 0 Å². The Bertz CT molecular complexity index is 1470. The first-order valence-electron chi connectivity index (χ1n) is 15.4. The third-order valence-corrected chi connectivity index (χ3v) is 8.62. The molecule has 1 saturated heterocycles. The second kappa shape index (κ2) is 14.8. The first kappa shape index (κ1) is 32.3. The maximum absolute atomic E-state index is 13.7. The number of carboxylic acids is 1. The molecule has 0 saturated carbocycles. The van der Waals surface area contributed by atoms with E-state index < -0.39 is 23.8 Å². The number of rotatable bonds is 14. The van der Waals surface area contributed by atoms with Gasteiger partial charge in [0.15, 0.2) is 18.3 Å². The Morgan fingerprint density at radius 1 is 1.00 bits per heavy atom. The van der Waals surface area contributed by atoms with Gasteiger partial charge in [0.1, 0.15) is 5.75 Å². The fourth-order valence-corrected chi connectivity index (χ4v) is 6.40. The van der Waals surface area contributed by atoms with E-state index in [1.54, 1.807) is 19.2 Å². The minimum atomic E-state index is -0.929. The van der Waals surface area contributed by atoms with Crippen molar-refractivity contribution in [2.75, 3.05) is 52.3 Å². The summed E-state index contributed by atoms with van der Waals surface area (Å²) >= 11 is 0. The fourth-order valence-electron chi connectivity index (χ4n) is 6.40. The molecule has 2 heterocycles. The molecule has 1 fully saturated rings. The maximum Gasteiger partial charge on any atom is 0.309 e. The monoisotopic (exact) mass is 618 g/mol. The zero-order chi connectivity index (χ0) is 31.9. The van der Waals surface area contributed by atoms with Crippen LogP contribution in [0.2, 0.25) is 0 Å². The number of likely N-dealkylation sites (tertiary alicyclic amines) is 1. The standard InChI is InChI=1S/C35H42N2O8/c1-5-23-8-7-9-24(6-2)33(23)36-31(38)19-37-18-28(27-17-30-29(16-22(27)3)44-21-45-30)32(35(39)40)34(37)25-10-12-26(13-11-25)43-20-42-15-14-41-4/h7-13,16-17,28,32,34H,5-6,14-15,18-21H2,1-4H3,(H,36,38)(H,39,40)/t28-,32?,34+/m1/s1. The summed E-state index contributed by atoms with van der Waals surface area (Å²) in [5.74, 6) is -0.486. The number of para-hydroxylation sites is 1. The van der Waals surface area contributed by atoms with Crippen molar-refractivity contribution in [3.8, 4) is 17.2 Å². The lowest BCUT2D eigenvalue weighted by molar-refractivity contribution is -0.143. The number of anilines is 1. The van der Waals surface area contributed by atoms with Gasteiger partial charge in [-0.1, -0.05) is 44.2 Å². The quantitative estimate of drug-likeness (QED) is 0.183. The molecule has 0 aliphatic carbocycles. The van der Waals surface area contributed by atoms with Gasteiger partial charge in [-0.3, -0.25) is 14.5 Å². The van der Waals surface area contributed by atoms with E-state index in [4.69, 9.17) is 23.7 Å². The SMILES string of the molecule is CCc1cccc(CC)c1NC(=O)CN1C[C@H](c2cc3c(cc2C)OCO3)C(C(=O)O)[C@@H]1c1ccc(OCOCCOC)cc1. The van der Waals surface area contributed by atoms with E-state index in [9.17, 15) is 14.7 Å². The molecule has 1 unspecified atom stereocenters. The molecule has 0 spiro atoms. The summed E-state index contributed by atoms with van der Waals surface area (Å²) < 4.78 is 27.3. The number of fused-ring (bicyclic) bond motifs is 1. The second-order valence-corrected chi connectivity index (χ2v) is 11.3. The Morgan fingerprint density at radius 2 is 1.69 bits per heavy atom. The van der Waals surface area contributed by atoms with Crippen LogP contribution >= 0.6 is 0 Å². The first-order chi connectivity index (χ1) is 21.8. The molecular weight excluding hydrogens is 576 g/mol. The number of carbonyl (C=O) groups is 2. The van der Waals surface area contributed by atoms with Crippen molar-refractivity contribution in [2.45, 2.75) is 45.6 Å². The summed E-state index contributed by atoms with van der Waals surface area (Å²) in [6, 6.07) is 16.6. The van der Waals surface area contributed by atoms with E-state index in [0.717, 1.165) is 46.3 Å². The molecule has 10 heteroatoms. The zero-order valence-corrected chi connectivity index (χ0v) is 26.3. The second-order valence-electron chi connectivity index (χ2n) is 11.3. The van der Waals surface area contributed by atoms with E-state index in [-0.39, 0.29) is 26.0 Å². The summed E-state index contributed by atoms with van der Waals surface area (Å²) in [5, 5.41) is 13.9. The highest BCUT2D eigenvalue weighted by Crippen LogP contribution is 2.49. The first-order valence-corrected chi connectivity index (χ1v) is 15.4. The zero-order valence-electron chi connectivity index (χ0n) is 26.3. The van der Waals surface area contributed by atoms with Gasteiger partial charge in [0, 0.05) is 31.3 Å². The summed E-state index contributed by atoms with van der Waals surface area (Å²) in [4.78, 5) is 28.7. The number of amides is 1. The Balaban J connectivity index is 1.45. The summed E-state index contributed by atoms with van der Waals surface area (Å²) in [5.41, 5.74) is 5.56. The van der Waals surface area contributed by atoms with E-state index in [2.05, 4.69) is 19.2 Å². The van der Waals surface area contributed by atoms with E-state index in [1.807, 2.05) is 54.3 Å². The van der Waals surface area contributed by atoms with Crippen molar-refractivity contribution in [1.82, 2.24) is 4.90 Å². The lowest BCUT2D eigenvalue weighted by Crippen LogP contribution is -2.35. The summed E-state index contributed by atoms with van der Waals surface area (Å²) in [6.07, 6.45) is 1.57. The molecule has 0 radical (unpaired) electrons. The van der Waals surface area contributed by atoms with E-state index in [0.29, 0.717) is 37.0 Å². The molecular formula is C35H42N2O8. The highest BCUT2D eigenvalue weighted by atomic mass is 16.7. The number of hydrogen-bond donors (Lipinski definition) is 2. The number of methoxy groups -OCH3 is 1. The Labute approximate surface area is 264 Å². The average molecular weight is 619 g/mol. The number of aliphatic carboxylic acids is 1. The number of ether oxygens (including phenoxy) is 5. The lowest BCUT2D eigenvalue weighted by atomic mass is 9.81. The lowest BCUT2D eigenvalue weighted by Gasteiger charge is -2.27. The van der Waals surface area contributed by atoms with Crippen LogP contribution in [0.25, 0.3) is 0 Å². The molecule has 3 aromatic rings. The Kier molecular flexibility index (Phi) is 10.6. The predicted octanol–water partition coefficient (Wildman–Crippen LogP) is 5.33. The van der Waals surface area contributed by atoms with Gasteiger partial charge in [-0.2, -0.15) is 0 Å². The van der Waals surface area contributed by atoms with Gasteiger partial charge in [0.2, 0.25) is 12.7 Å². The maximum atomic E-state index is 13.7. The van der Waals surface area contributed by atoms with Gasteiger partial charge >= 0.3 is 5.97 Å². The van der Waals surface area contributed by atoms with Crippen LogP contribution < -0.4 is 19.5 Å². The van der Waals surface area contributed by atoms with Crippen LogP contribution in [0.4, 0.5) is 5.69 Å². The van der Waals surface area contributed by atoms with Crippen molar-refractivity contribution >= 4 is 17.6 Å². The van der Waals surface area contributed by atoms with Crippen LogP contribution in [-0.4, -0.2) is 68.9 Å².